The maximum Gasteiger partial charge on any atom is 0.231 e. The molecular weight excluding hydrogens is 380 g/mol. The number of benzene rings is 1. The highest BCUT2D eigenvalue weighted by Crippen LogP contribution is 2.44. The lowest BCUT2D eigenvalue weighted by Crippen LogP contribution is -2.01. The molecule has 0 radical (unpaired) electrons. The van der Waals surface area contributed by atoms with Crippen LogP contribution in [-0.2, 0) is 22.7 Å². The van der Waals surface area contributed by atoms with Crippen LogP contribution in [0.2, 0.25) is 0 Å². The minimum Gasteiger partial charge on any atom is -0.438 e. The SMILES string of the molecule is CS(=O)(=O)c1ccc(Oc2nc(C3CC3)nc3sc4c(c23)CCCC4)cc1. The van der Waals surface area contributed by atoms with Crippen LogP contribution in [0.5, 0.6) is 11.6 Å². The Morgan fingerprint density at radius 2 is 1.81 bits per heavy atom. The average Bonchev–Trinajstić information content (AvgIpc) is 3.42. The molecular formula is C20H20N2O3S2. The van der Waals surface area contributed by atoms with E-state index in [0.717, 1.165) is 41.7 Å². The molecule has 140 valence electrons. The second kappa shape index (κ2) is 6.27. The third kappa shape index (κ3) is 3.23. The van der Waals surface area contributed by atoms with Gasteiger partial charge in [0.2, 0.25) is 5.88 Å². The Bertz CT molecular complexity index is 1130. The second-order valence-corrected chi connectivity index (χ2v) is 10.5. The van der Waals surface area contributed by atoms with Gasteiger partial charge in [0.25, 0.3) is 0 Å². The molecule has 2 aliphatic rings. The lowest BCUT2D eigenvalue weighted by molar-refractivity contribution is 0.464. The molecule has 5 nitrogen and oxygen atoms in total. The van der Waals surface area contributed by atoms with Crippen LogP contribution in [-0.4, -0.2) is 24.6 Å². The molecule has 7 heteroatoms. The van der Waals surface area contributed by atoms with Crippen molar-refractivity contribution < 1.29 is 13.2 Å². The maximum absolute atomic E-state index is 11.7. The van der Waals surface area contributed by atoms with E-state index in [9.17, 15) is 8.42 Å². The zero-order chi connectivity index (χ0) is 18.6. The summed E-state index contributed by atoms with van der Waals surface area (Å²) in [7, 11) is -3.22. The van der Waals surface area contributed by atoms with Gasteiger partial charge in [-0.05, 0) is 68.4 Å². The van der Waals surface area contributed by atoms with Crippen molar-refractivity contribution in [1.82, 2.24) is 9.97 Å². The summed E-state index contributed by atoms with van der Waals surface area (Å²) >= 11 is 1.78. The van der Waals surface area contributed by atoms with Crippen LogP contribution >= 0.6 is 11.3 Å². The molecule has 0 saturated heterocycles. The van der Waals surface area contributed by atoms with Gasteiger partial charge >= 0.3 is 0 Å². The van der Waals surface area contributed by atoms with Gasteiger partial charge in [-0.2, -0.15) is 4.98 Å². The number of aromatic nitrogens is 2. The summed E-state index contributed by atoms with van der Waals surface area (Å²) in [6.07, 6.45) is 8.05. The van der Waals surface area contributed by atoms with Crippen LogP contribution in [0, 0.1) is 0 Å². The summed E-state index contributed by atoms with van der Waals surface area (Å²) in [5.74, 6) is 2.54. The number of hydrogen-bond donors (Lipinski definition) is 0. The fourth-order valence-corrected chi connectivity index (χ4v) is 5.49. The number of fused-ring (bicyclic) bond motifs is 3. The third-order valence-corrected chi connectivity index (χ3v) is 7.52. The number of aryl methyl sites for hydroxylation is 2. The Hall–Kier alpha value is -1.99. The highest BCUT2D eigenvalue weighted by molar-refractivity contribution is 7.90. The largest absolute Gasteiger partial charge is 0.438 e. The predicted molar refractivity (Wildman–Crippen MR) is 106 cm³/mol. The van der Waals surface area contributed by atoms with E-state index >= 15 is 0 Å². The fraction of sp³-hybridized carbons (Fsp3) is 0.400. The average molecular weight is 401 g/mol. The summed E-state index contributed by atoms with van der Waals surface area (Å²) < 4.78 is 29.5. The lowest BCUT2D eigenvalue weighted by Gasteiger charge is -2.13. The minimum absolute atomic E-state index is 0.286. The van der Waals surface area contributed by atoms with E-state index in [1.165, 1.54) is 29.5 Å². The lowest BCUT2D eigenvalue weighted by atomic mass is 9.97. The normalized spacial score (nSPS) is 17.1. The standard InChI is InChI=1S/C20H20N2O3S2/c1-27(23,24)14-10-8-13(9-11-14)25-19-17-15-4-2-3-5-16(15)26-20(17)22-18(21-19)12-6-7-12/h8-12H,2-7H2,1H3. The first-order valence-electron chi connectivity index (χ1n) is 9.29. The van der Waals surface area contributed by atoms with Gasteiger partial charge in [0.1, 0.15) is 16.4 Å². The van der Waals surface area contributed by atoms with Crippen LogP contribution in [0.15, 0.2) is 29.2 Å². The van der Waals surface area contributed by atoms with Crippen molar-refractivity contribution in [2.45, 2.75) is 49.3 Å². The zero-order valence-electron chi connectivity index (χ0n) is 15.1. The van der Waals surface area contributed by atoms with Crippen molar-refractivity contribution in [2.24, 2.45) is 0 Å². The molecule has 0 atom stereocenters. The molecule has 1 aromatic carbocycles. The molecule has 0 unspecified atom stereocenters. The van der Waals surface area contributed by atoms with E-state index in [-0.39, 0.29) is 4.90 Å². The van der Waals surface area contributed by atoms with E-state index in [0.29, 0.717) is 17.5 Å². The predicted octanol–water partition coefficient (Wildman–Crippen LogP) is 4.64. The van der Waals surface area contributed by atoms with Crippen molar-refractivity contribution in [1.29, 1.82) is 0 Å². The van der Waals surface area contributed by atoms with Crippen molar-refractivity contribution in [3.63, 3.8) is 0 Å². The zero-order valence-corrected chi connectivity index (χ0v) is 16.7. The summed E-state index contributed by atoms with van der Waals surface area (Å²) in [5.41, 5.74) is 1.34. The number of thiophene rings is 1. The highest BCUT2D eigenvalue weighted by Gasteiger charge is 2.30. The van der Waals surface area contributed by atoms with Crippen LogP contribution < -0.4 is 4.74 Å². The molecule has 27 heavy (non-hydrogen) atoms. The molecule has 1 fully saturated rings. The summed E-state index contributed by atoms with van der Waals surface area (Å²) in [5, 5.41) is 1.05. The molecule has 0 amide bonds. The van der Waals surface area contributed by atoms with Gasteiger partial charge < -0.3 is 4.74 Å². The van der Waals surface area contributed by atoms with Crippen molar-refractivity contribution >= 4 is 31.4 Å². The van der Waals surface area contributed by atoms with Crippen LogP contribution in [0.3, 0.4) is 0 Å². The molecule has 2 aliphatic carbocycles. The smallest absolute Gasteiger partial charge is 0.231 e. The minimum atomic E-state index is -3.22. The molecule has 0 aliphatic heterocycles. The fourth-order valence-electron chi connectivity index (χ4n) is 3.60. The highest BCUT2D eigenvalue weighted by atomic mass is 32.2. The van der Waals surface area contributed by atoms with Gasteiger partial charge in [0.05, 0.1) is 10.3 Å². The van der Waals surface area contributed by atoms with Crippen molar-refractivity contribution in [3.8, 4) is 11.6 Å². The number of ether oxygens (including phenoxy) is 1. The Morgan fingerprint density at radius 3 is 2.52 bits per heavy atom. The quantitative estimate of drug-likeness (QED) is 0.638. The first-order chi connectivity index (χ1) is 13.0. The molecule has 0 N–H and O–H groups in total. The Balaban J connectivity index is 1.59. The molecule has 3 aromatic rings. The molecule has 5 rings (SSSR count). The van der Waals surface area contributed by atoms with Crippen molar-refractivity contribution in [3.05, 3.63) is 40.5 Å². The second-order valence-electron chi connectivity index (χ2n) is 7.40. The Kier molecular flexibility index (Phi) is 3.98. The Morgan fingerprint density at radius 1 is 1.07 bits per heavy atom. The molecule has 2 aromatic heterocycles. The van der Waals surface area contributed by atoms with Gasteiger partial charge in [0, 0.05) is 17.1 Å². The maximum atomic E-state index is 11.7. The van der Waals surface area contributed by atoms with Gasteiger partial charge in [0.15, 0.2) is 9.84 Å². The topological polar surface area (TPSA) is 69.2 Å². The summed E-state index contributed by atoms with van der Waals surface area (Å²) in [6.45, 7) is 0. The van der Waals surface area contributed by atoms with Crippen LogP contribution in [0.4, 0.5) is 0 Å². The number of rotatable bonds is 4. The number of nitrogens with zero attached hydrogens (tertiary/aromatic N) is 2. The first kappa shape index (κ1) is 17.1. The first-order valence-corrected chi connectivity index (χ1v) is 12.0. The summed E-state index contributed by atoms with van der Waals surface area (Å²) in [6, 6.07) is 6.54. The van der Waals surface area contributed by atoms with Crippen LogP contribution in [0.25, 0.3) is 10.2 Å². The van der Waals surface area contributed by atoms with E-state index in [1.54, 1.807) is 35.6 Å². The molecule has 1 saturated carbocycles. The monoisotopic (exact) mass is 400 g/mol. The number of hydrogen-bond acceptors (Lipinski definition) is 6. The number of sulfone groups is 1. The van der Waals surface area contributed by atoms with Crippen LogP contribution in [0.1, 0.15) is 47.9 Å². The van der Waals surface area contributed by atoms with Gasteiger partial charge in [-0.1, -0.05) is 0 Å². The van der Waals surface area contributed by atoms with Gasteiger partial charge in [-0.3, -0.25) is 0 Å². The van der Waals surface area contributed by atoms with Gasteiger partial charge in [-0.15, -0.1) is 11.3 Å². The van der Waals surface area contributed by atoms with Gasteiger partial charge in [-0.25, -0.2) is 13.4 Å². The van der Waals surface area contributed by atoms with E-state index in [1.807, 2.05) is 0 Å². The molecule has 0 bridgehead atoms. The van der Waals surface area contributed by atoms with E-state index in [2.05, 4.69) is 0 Å². The molecule has 0 spiro atoms. The molecule has 2 heterocycles. The van der Waals surface area contributed by atoms with E-state index < -0.39 is 9.84 Å². The van der Waals surface area contributed by atoms with E-state index in [4.69, 9.17) is 14.7 Å². The Labute approximate surface area is 162 Å². The summed E-state index contributed by atoms with van der Waals surface area (Å²) in [4.78, 5) is 12.3. The van der Waals surface area contributed by atoms with Crippen molar-refractivity contribution in [2.75, 3.05) is 6.26 Å². The third-order valence-electron chi connectivity index (χ3n) is 5.21.